The summed E-state index contributed by atoms with van der Waals surface area (Å²) >= 11 is 3.19. The van der Waals surface area contributed by atoms with Crippen LogP contribution in [0.2, 0.25) is 0 Å². The van der Waals surface area contributed by atoms with Crippen molar-refractivity contribution in [1.82, 2.24) is 4.98 Å². The van der Waals surface area contributed by atoms with Crippen molar-refractivity contribution < 1.29 is 16.3 Å². The number of hydrogen-bond acceptors (Lipinski definition) is 1. The topological polar surface area (TPSA) is 12.9 Å². The van der Waals surface area contributed by atoms with Crippen LogP contribution in [0.1, 0.15) is 22.7 Å². The first-order valence-electron chi connectivity index (χ1n) is 5.72. The maximum absolute atomic E-state index is 4.41. The summed E-state index contributed by atoms with van der Waals surface area (Å²) < 4.78 is 1.32. The Morgan fingerprint density at radius 1 is 1.06 bits per heavy atom. The quantitative estimate of drug-likeness (QED) is 0.805. The van der Waals surface area contributed by atoms with Crippen molar-refractivity contribution in [1.29, 1.82) is 0 Å². The summed E-state index contributed by atoms with van der Waals surface area (Å²) in [6.45, 7) is 0. The second-order valence-corrected chi connectivity index (χ2v) is 4.99. The zero-order valence-corrected chi connectivity index (χ0v) is 10.6. The van der Waals surface area contributed by atoms with Gasteiger partial charge in [0.05, 0.1) is 0 Å². The average Bonchev–Trinajstić information content (AvgIpc) is 2.68. The van der Waals surface area contributed by atoms with Crippen molar-refractivity contribution in [2.45, 2.75) is 12.3 Å². The standard InChI is InChI=1S/C15H12N.Cr/c1-2-7-15-12(5-1)8-9-13(15)11-14-6-3-4-10-16-14;/h1-8,10,13H,11H2;. The first kappa shape index (κ1) is 10.8. The van der Waals surface area contributed by atoms with Crippen molar-refractivity contribution in [3.63, 3.8) is 0 Å². The predicted molar refractivity (Wildman–Crippen MR) is 65.1 cm³/mol. The van der Waals surface area contributed by atoms with E-state index in [-0.39, 0.29) is 0 Å². The molecule has 3 rings (SSSR count). The fourth-order valence-corrected chi connectivity index (χ4v) is 2.83. The van der Waals surface area contributed by atoms with Crippen LogP contribution in [0.25, 0.3) is 6.08 Å². The molecule has 1 heterocycles. The van der Waals surface area contributed by atoms with Gasteiger partial charge in [-0.1, -0.05) is 0 Å². The van der Waals surface area contributed by atoms with Gasteiger partial charge in [-0.05, 0) is 0 Å². The molecule has 0 bridgehead atoms. The molecule has 2 aromatic rings. The van der Waals surface area contributed by atoms with Gasteiger partial charge in [0.1, 0.15) is 0 Å². The number of pyridine rings is 1. The van der Waals surface area contributed by atoms with Crippen LogP contribution in [0.5, 0.6) is 0 Å². The number of aromatic nitrogens is 1. The summed E-state index contributed by atoms with van der Waals surface area (Å²) in [5.74, 6) is 0.445. The molecule has 0 fully saturated rings. The number of nitrogens with zero attached hydrogens (tertiary/aromatic N) is 1. The molecule has 83 valence electrons. The van der Waals surface area contributed by atoms with Gasteiger partial charge in [-0.25, -0.2) is 0 Å². The molecule has 17 heavy (non-hydrogen) atoms. The normalized spacial score (nSPS) is 17.6. The Balaban J connectivity index is 1.93. The Labute approximate surface area is 110 Å². The Morgan fingerprint density at radius 3 is 2.71 bits per heavy atom. The molecule has 0 amide bonds. The number of hydrogen-bond donors (Lipinski definition) is 0. The Morgan fingerprint density at radius 2 is 1.88 bits per heavy atom. The molecule has 0 saturated carbocycles. The molecule has 1 aliphatic rings. The van der Waals surface area contributed by atoms with E-state index in [4.69, 9.17) is 0 Å². The zero-order valence-electron chi connectivity index (χ0n) is 9.34. The van der Waals surface area contributed by atoms with E-state index in [1.165, 1.54) is 15.6 Å². The first-order valence-corrected chi connectivity index (χ1v) is 6.36. The number of allylic oxidation sites excluding steroid dienone is 1. The third-order valence-electron chi connectivity index (χ3n) is 3.15. The predicted octanol–water partition coefficient (Wildman–Crippen LogP) is 3.31. The van der Waals surface area contributed by atoms with E-state index in [0.717, 1.165) is 12.1 Å². The molecule has 2 heteroatoms. The molecular formula is C15H12CrN. The van der Waals surface area contributed by atoms with Crippen molar-refractivity contribution in [3.8, 4) is 0 Å². The summed E-state index contributed by atoms with van der Waals surface area (Å²) in [7, 11) is 0. The van der Waals surface area contributed by atoms with E-state index in [1.54, 1.807) is 0 Å². The molecule has 0 spiro atoms. The van der Waals surface area contributed by atoms with Gasteiger partial charge in [-0.3, -0.25) is 0 Å². The Bertz CT molecular complexity index is 560. The van der Waals surface area contributed by atoms with Crippen LogP contribution in [0.3, 0.4) is 0 Å². The fraction of sp³-hybridized carbons (Fsp3) is 0.133. The molecule has 0 saturated heterocycles. The monoisotopic (exact) mass is 258 g/mol. The van der Waals surface area contributed by atoms with Gasteiger partial charge in [0.25, 0.3) is 0 Å². The summed E-state index contributed by atoms with van der Waals surface area (Å²) in [5.41, 5.74) is 3.89. The summed E-state index contributed by atoms with van der Waals surface area (Å²) in [5, 5.41) is 0. The Kier molecular flexibility index (Phi) is 2.84. The van der Waals surface area contributed by atoms with Gasteiger partial charge in [0.2, 0.25) is 0 Å². The number of fused-ring (bicyclic) bond motifs is 1. The molecular weight excluding hydrogens is 246 g/mol. The molecule has 1 atom stereocenters. The van der Waals surface area contributed by atoms with Gasteiger partial charge in [0, 0.05) is 0 Å². The summed E-state index contributed by atoms with van der Waals surface area (Å²) in [6, 6.07) is 14.7. The van der Waals surface area contributed by atoms with Gasteiger partial charge < -0.3 is 0 Å². The number of rotatable bonds is 2. The van der Waals surface area contributed by atoms with Crippen LogP contribution in [0, 0.1) is 0 Å². The van der Waals surface area contributed by atoms with E-state index >= 15 is 0 Å². The first-order chi connectivity index (χ1) is 8.34. The molecule has 0 aliphatic heterocycles. The van der Waals surface area contributed by atoms with Gasteiger partial charge in [-0.2, -0.15) is 0 Å². The molecule has 1 aliphatic carbocycles. The SMILES string of the molecule is [Cr][C]1=Cc2ccccc2C1Cc1ccccn1. The van der Waals surface area contributed by atoms with Crippen molar-refractivity contribution in [3.05, 3.63) is 69.9 Å². The summed E-state index contributed by atoms with van der Waals surface area (Å²) in [6.07, 6.45) is 5.07. The van der Waals surface area contributed by atoms with Crippen molar-refractivity contribution >= 4 is 6.08 Å². The fourth-order valence-electron chi connectivity index (χ4n) is 2.31. The van der Waals surface area contributed by atoms with Crippen LogP contribution >= 0.6 is 0 Å². The second kappa shape index (κ2) is 4.49. The molecule has 1 aromatic carbocycles. The van der Waals surface area contributed by atoms with Crippen LogP contribution in [0.4, 0.5) is 0 Å². The third kappa shape index (κ3) is 2.07. The maximum atomic E-state index is 4.41. The molecule has 0 N–H and O–H groups in total. The van der Waals surface area contributed by atoms with E-state index in [9.17, 15) is 0 Å². The van der Waals surface area contributed by atoms with Crippen LogP contribution in [-0.4, -0.2) is 4.98 Å². The molecule has 1 unspecified atom stereocenters. The van der Waals surface area contributed by atoms with Crippen molar-refractivity contribution in [2.24, 2.45) is 0 Å². The van der Waals surface area contributed by atoms with Crippen molar-refractivity contribution in [2.75, 3.05) is 0 Å². The Hall–Kier alpha value is -1.36. The van der Waals surface area contributed by atoms with Crippen LogP contribution < -0.4 is 0 Å². The minimum absolute atomic E-state index is 0.445. The summed E-state index contributed by atoms with van der Waals surface area (Å²) in [4.78, 5) is 4.41. The minimum atomic E-state index is 0.445. The van der Waals surface area contributed by atoms with E-state index in [1.807, 2.05) is 18.3 Å². The number of benzene rings is 1. The average molecular weight is 258 g/mol. The van der Waals surface area contributed by atoms with Crippen LogP contribution in [0.15, 0.2) is 53.1 Å². The molecule has 1 nitrogen and oxygen atoms in total. The van der Waals surface area contributed by atoms with Gasteiger partial charge in [-0.15, -0.1) is 0 Å². The van der Waals surface area contributed by atoms with Gasteiger partial charge >= 0.3 is 110 Å². The van der Waals surface area contributed by atoms with E-state index in [2.05, 4.69) is 57.7 Å². The van der Waals surface area contributed by atoms with Gasteiger partial charge in [0.15, 0.2) is 0 Å². The van der Waals surface area contributed by atoms with E-state index in [0.29, 0.717) is 5.92 Å². The molecule has 1 aromatic heterocycles. The third-order valence-corrected chi connectivity index (χ3v) is 3.78. The van der Waals surface area contributed by atoms with Crippen LogP contribution in [-0.2, 0) is 22.7 Å². The molecule has 0 radical (unpaired) electrons. The second-order valence-electron chi connectivity index (χ2n) is 4.25. The van der Waals surface area contributed by atoms with E-state index < -0.39 is 0 Å². The zero-order chi connectivity index (χ0) is 11.7.